The normalized spacial score (nSPS) is 14.2. The van der Waals surface area contributed by atoms with Crippen LogP contribution in [0, 0.1) is 26.7 Å². The lowest BCUT2D eigenvalue weighted by Crippen LogP contribution is -2.32. The number of nitrogens with two attached hydrogens (primary N) is 1. The van der Waals surface area contributed by atoms with Gasteiger partial charge in [-0.1, -0.05) is 102 Å². The van der Waals surface area contributed by atoms with Crippen LogP contribution in [-0.4, -0.2) is 78.5 Å². The van der Waals surface area contributed by atoms with E-state index in [1.165, 1.54) is 16.7 Å². The van der Waals surface area contributed by atoms with Gasteiger partial charge in [0.25, 0.3) is 0 Å². The average Bonchev–Trinajstić information content (AvgIpc) is 1.74. The number of aliphatic imine (C=N–C) groups is 1. The van der Waals surface area contributed by atoms with Gasteiger partial charge in [-0.3, -0.25) is 24.2 Å². The van der Waals surface area contributed by atoms with Crippen LogP contribution < -0.4 is 49.3 Å². The maximum absolute atomic E-state index is 13.5. The van der Waals surface area contributed by atoms with Crippen LogP contribution in [0.2, 0.25) is 0 Å². The first-order valence-corrected chi connectivity index (χ1v) is 29.9. The second-order valence-corrected chi connectivity index (χ2v) is 21.1. The van der Waals surface area contributed by atoms with Gasteiger partial charge in [0.15, 0.2) is 0 Å². The Balaban J connectivity index is 0.000000197. The Labute approximate surface area is 544 Å². The van der Waals surface area contributed by atoms with Gasteiger partial charge in [0.05, 0.1) is 71.5 Å². The van der Waals surface area contributed by atoms with Crippen molar-refractivity contribution in [3.05, 3.63) is 257 Å². The number of methoxy groups -OCH3 is 5. The van der Waals surface area contributed by atoms with Crippen LogP contribution in [-0.2, 0) is 24.0 Å². The minimum Gasteiger partial charge on any atom is -0.497 e. The Morgan fingerprint density at radius 3 is 1.44 bits per heavy atom. The van der Waals surface area contributed by atoms with Crippen molar-refractivity contribution < 1.29 is 57.2 Å². The molecular weight excluding hydrogens is 1170 g/mol. The van der Waals surface area contributed by atoms with Crippen molar-refractivity contribution in [3.8, 4) is 34.5 Å². The fraction of sp³-hybridized carbons (Fsp3) is 0.211. The Kier molecular flexibility index (Phi) is 28.2. The lowest BCUT2D eigenvalue weighted by atomic mass is 9.92. The zero-order valence-electron chi connectivity index (χ0n) is 53.8. The fourth-order valence-corrected chi connectivity index (χ4v) is 9.85. The highest BCUT2D eigenvalue weighted by Gasteiger charge is 2.45. The van der Waals surface area contributed by atoms with Crippen LogP contribution in [0.3, 0.4) is 0 Å². The van der Waals surface area contributed by atoms with E-state index in [1.807, 2.05) is 158 Å². The number of nitrogens with zero attached hydrogens (tertiary/aromatic N) is 3. The van der Waals surface area contributed by atoms with E-state index < -0.39 is 12.0 Å². The fourth-order valence-electron chi connectivity index (χ4n) is 9.85. The standard InChI is InChI=1S/C27H28N2O4.C18H19NO2.C15H15NO.C8H8O2.C7H9NO.CO2/c1-4-33-24-8-6-5-7-23(24)28-27(31)22-17-25(30)29(20-13-15-21(32-3)16-14-20)26(22)19-11-9-18(2)10-12-19;1-13-3-5-14(6-4-13)17-11-12-18(20)19(17)15-7-9-16(21-2)10-8-15;1-12-3-5-13(6-4-12)11-16-14-7-9-15(17-2)10-8-14;1-10-8-4-2-7(6-9)3-5-8;1-9-7-4-2-6(8)3-5-7;2-1-3/h5-16,22,26H,4,17H2,1-3H3,(H,28,31);3-10,17H,11-12H2,1-2H3;3-11H,1-2H3;2-6H,1H3;2-5H,8H2,1H3;. The molecule has 2 aliphatic rings. The highest BCUT2D eigenvalue weighted by atomic mass is 16.5. The molecule has 480 valence electrons. The first-order chi connectivity index (χ1) is 45.1. The number of ether oxygens (including phenoxy) is 6. The Bertz CT molecular complexity index is 3820. The molecule has 0 spiro atoms. The molecule has 0 aliphatic carbocycles. The molecule has 2 fully saturated rings. The molecule has 17 nitrogen and oxygen atoms in total. The number of hydrogen-bond donors (Lipinski definition) is 2. The number of carbonyl (C=O) groups is 4. The number of anilines is 4. The first-order valence-electron chi connectivity index (χ1n) is 29.9. The van der Waals surface area contributed by atoms with E-state index in [9.17, 15) is 19.2 Å². The summed E-state index contributed by atoms with van der Waals surface area (Å²) in [5.74, 6) is 3.89. The van der Waals surface area contributed by atoms with Gasteiger partial charge in [0, 0.05) is 41.7 Å². The summed E-state index contributed by atoms with van der Waals surface area (Å²) in [4.78, 5) is 73.4. The van der Waals surface area contributed by atoms with Crippen LogP contribution in [0.5, 0.6) is 34.5 Å². The van der Waals surface area contributed by atoms with E-state index in [0.717, 1.165) is 75.1 Å². The maximum atomic E-state index is 13.5. The van der Waals surface area contributed by atoms with E-state index in [0.29, 0.717) is 35.8 Å². The van der Waals surface area contributed by atoms with E-state index in [-0.39, 0.29) is 36.3 Å². The molecule has 93 heavy (non-hydrogen) atoms. The number of para-hydroxylation sites is 2. The first kappa shape index (κ1) is 70.8. The monoisotopic (exact) mass is 1250 g/mol. The summed E-state index contributed by atoms with van der Waals surface area (Å²) < 4.78 is 31.0. The van der Waals surface area contributed by atoms with E-state index in [2.05, 4.69) is 72.7 Å². The van der Waals surface area contributed by atoms with Crippen molar-refractivity contribution >= 4 is 64.8 Å². The van der Waals surface area contributed by atoms with E-state index in [1.54, 1.807) is 76.8 Å². The van der Waals surface area contributed by atoms with Crippen LogP contribution in [0.1, 0.15) is 82.0 Å². The number of nitrogen functional groups attached to an aromatic ring is 1. The molecule has 2 heterocycles. The molecule has 0 saturated carbocycles. The highest BCUT2D eigenvalue weighted by molar-refractivity contribution is 6.05. The zero-order valence-corrected chi connectivity index (χ0v) is 53.8. The SMILES string of the molecule is CCOc1ccccc1NC(=O)C1CC(=O)N(c2ccc(OC)cc2)C1c1ccc(C)cc1.COc1ccc(C=O)cc1.COc1ccc(N)cc1.COc1ccc(N2C(=O)CCC2c2ccc(C)cc2)cc1.COc1ccc(N=Cc2ccc(C)cc2)cc1.O=C=O. The summed E-state index contributed by atoms with van der Waals surface area (Å²) in [6.07, 6.45) is 4.51. The molecule has 0 bridgehead atoms. The van der Waals surface area contributed by atoms with Gasteiger partial charge in [0.2, 0.25) is 17.7 Å². The number of benzene rings is 9. The summed E-state index contributed by atoms with van der Waals surface area (Å²) in [5, 5.41) is 3.00. The number of nitrogens with one attached hydrogen (secondary N) is 1. The quantitative estimate of drug-likeness (QED) is 0.0524. The van der Waals surface area contributed by atoms with Gasteiger partial charge in [-0.25, -0.2) is 0 Å². The predicted molar refractivity (Wildman–Crippen MR) is 365 cm³/mol. The molecule has 3 unspecified atom stereocenters. The van der Waals surface area contributed by atoms with Crippen molar-refractivity contribution in [2.45, 2.75) is 59.0 Å². The number of aldehydes is 1. The van der Waals surface area contributed by atoms with Gasteiger partial charge in [-0.15, -0.1) is 0 Å². The molecule has 9 aromatic rings. The second kappa shape index (κ2) is 37.0. The molecule has 9 aromatic carbocycles. The van der Waals surface area contributed by atoms with Gasteiger partial charge in [0.1, 0.15) is 40.8 Å². The third-order valence-electron chi connectivity index (χ3n) is 14.8. The number of amides is 3. The van der Waals surface area contributed by atoms with Crippen LogP contribution >= 0.6 is 0 Å². The summed E-state index contributed by atoms with van der Waals surface area (Å²) >= 11 is 0. The topological polar surface area (TPSA) is 215 Å². The number of hydrogen-bond acceptors (Lipinski definition) is 14. The smallest absolute Gasteiger partial charge is 0.373 e. The van der Waals surface area contributed by atoms with Gasteiger partial charge in [-0.2, -0.15) is 9.59 Å². The van der Waals surface area contributed by atoms with E-state index in [4.69, 9.17) is 43.7 Å². The largest absolute Gasteiger partial charge is 0.497 e. The lowest BCUT2D eigenvalue weighted by molar-refractivity contribution is -0.191. The Hall–Kier alpha value is -11.3. The summed E-state index contributed by atoms with van der Waals surface area (Å²) in [7, 11) is 8.13. The molecule has 3 atom stereocenters. The summed E-state index contributed by atoms with van der Waals surface area (Å²) in [5.41, 5.74) is 16.9. The van der Waals surface area contributed by atoms with Crippen molar-refractivity contribution in [3.63, 3.8) is 0 Å². The summed E-state index contributed by atoms with van der Waals surface area (Å²) in [6, 6.07) is 68.6. The van der Waals surface area contributed by atoms with Gasteiger partial charge in [-0.05, 0) is 184 Å². The molecular formula is C76H79N5O12. The molecule has 11 rings (SSSR count). The van der Waals surface area contributed by atoms with Gasteiger partial charge >= 0.3 is 6.15 Å². The molecule has 3 N–H and O–H groups in total. The zero-order chi connectivity index (χ0) is 67.1. The maximum Gasteiger partial charge on any atom is 0.373 e. The third kappa shape index (κ3) is 21.4. The Morgan fingerprint density at radius 2 is 0.968 bits per heavy atom. The van der Waals surface area contributed by atoms with Crippen molar-refractivity contribution in [1.82, 2.24) is 0 Å². The minimum absolute atomic E-state index is 0.0935. The Morgan fingerprint density at radius 1 is 0.548 bits per heavy atom. The molecule has 0 aromatic heterocycles. The van der Waals surface area contributed by atoms with Gasteiger partial charge < -0.3 is 49.3 Å². The molecule has 2 aliphatic heterocycles. The lowest BCUT2D eigenvalue weighted by Gasteiger charge is -2.29. The number of rotatable bonds is 16. The molecule has 3 amide bonds. The van der Waals surface area contributed by atoms with Crippen LogP contribution in [0.4, 0.5) is 28.4 Å². The second-order valence-electron chi connectivity index (χ2n) is 21.1. The third-order valence-corrected chi connectivity index (χ3v) is 14.8. The van der Waals surface area contributed by atoms with Crippen molar-refractivity contribution in [2.75, 3.05) is 63.0 Å². The minimum atomic E-state index is -0.558. The summed E-state index contributed by atoms with van der Waals surface area (Å²) in [6.45, 7) is 8.55. The number of carbonyl (C=O) groups excluding carboxylic acids is 6. The van der Waals surface area contributed by atoms with Crippen LogP contribution in [0.15, 0.2) is 223 Å². The number of aryl methyl sites for hydroxylation is 3. The van der Waals surface area contributed by atoms with Crippen molar-refractivity contribution in [2.24, 2.45) is 10.9 Å². The predicted octanol–water partition coefficient (Wildman–Crippen LogP) is 15.0. The molecule has 0 radical (unpaired) electrons. The highest BCUT2D eigenvalue weighted by Crippen LogP contribution is 2.43. The average molecular weight is 1250 g/mol. The molecule has 2 saturated heterocycles. The van der Waals surface area contributed by atoms with Crippen LogP contribution in [0.25, 0.3) is 0 Å². The molecule has 17 heteroatoms. The van der Waals surface area contributed by atoms with Crippen molar-refractivity contribution in [1.29, 1.82) is 0 Å². The van der Waals surface area contributed by atoms with E-state index >= 15 is 0 Å².